The largest absolute Gasteiger partial charge is 0.457 e. The lowest BCUT2D eigenvalue weighted by atomic mass is 9.67. The Morgan fingerprint density at radius 3 is 0.735 bits per heavy atom. The highest BCUT2D eigenvalue weighted by Gasteiger charge is 2.53. The van der Waals surface area contributed by atoms with E-state index >= 15 is 26.3 Å². The van der Waals surface area contributed by atoms with E-state index < -0.39 is 51.1 Å². The van der Waals surface area contributed by atoms with E-state index in [0.717, 1.165) is 135 Å². The topological polar surface area (TPSA) is 24.9 Å². The summed E-state index contributed by atoms with van der Waals surface area (Å²) < 4.78 is 109. The molecule has 0 N–H and O–H groups in total. The molecule has 0 amide bonds. The highest BCUT2D eigenvalue weighted by atomic mass is 19.2. The molecule has 0 fully saturated rings. The standard InChI is InChI=1S/C103H64F6N2O2/c1-3-63-21-41-81(42-22-63)112-83-45-29-67(30-46-83)101(65-25-33-69(104)34-26-65)93-17-9-5-13-85(93)89-49-37-75(59-97(89)101)110(79-55-71(106)53-72(107)56-79)77-39-51-91-87-15-7-11-19-95(87)103(99(91)61-77)96-20-12-8-16-88(96)92-52-40-78(62-100(92)103)111(80-57-73(108)54-74(109)58-80)76-38-50-90-86-14-6-10-18-94(86)102(98(90)60-76,66-27-35-70(105)36-28-66)68-31-47-84(48-32-68)113-82-43-23-64(4-2)24-44-82/h3-62H,1-2H2. The summed E-state index contributed by atoms with van der Waals surface area (Å²) in [6, 6.07) is 109. The lowest BCUT2D eigenvalue weighted by Crippen LogP contribution is -2.29. The van der Waals surface area contributed by atoms with Crippen LogP contribution in [0.3, 0.4) is 0 Å². The van der Waals surface area contributed by atoms with Gasteiger partial charge < -0.3 is 19.3 Å². The molecule has 20 rings (SSSR count). The summed E-state index contributed by atoms with van der Waals surface area (Å²) in [7, 11) is 0. The van der Waals surface area contributed by atoms with E-state index in [0.29, 0.717) is 45.7 Å². The minimum absolute atomic E-state index is 0.211. The predicted octanol–water partition coefficient (Wildman–Crippen LogP) is 27.4. The number of rotatable bonds is 16. The second-order valence-corrected chi connectivity index (χ2v) is 29.1. The monoisotopic (exact) mass is 1470 g/mol. The van der Waals surface area contributed by atoms with Gasteiger partial charge >= 0.3 is 0 Å². The minimum Gasteiger partial charge on any atom is -0.457 e. The van der Waals surface area contributed by atoms with E-state index in [2.05, 4.69) is 110 Å². The number of halogens is 6. The van der Waals surface area contributed by atoms with Crippen LogP contribution in [0, 0.1) is 34.9 Å². The predicted molar refractivity (Wildman–Crippen MR) is 440 cm³/mol. The summed E-state index contributed by atoms with van der Waals surface area (Å²) in [6.45, 7) is 7.80. The van der Waals surface area contributed by atoms with Crippen molar-refractivity contribution in [3.63, 3.8) is 0 Å². The van der Waals surface area contributed by atoms with Crippen molar-refractivity contribution in [1.29, 1.82) is 0 Å². The maximum atomic E-state index is 16.4. The van der Waals surface area contributed by atoms with E-state index in [1.54, 1.807) is 12.2 Å². The Labute approximate surface area is 649 Å². The van der Waals surface area contributed by atoms with Crippen LogP contribution in [0.5, 0.6) is 23.0 Å². The van der Waals surface area contributed by atoms with Gasteiger partial charge in [-0.2, -0.15) is 0 Å². The van der Waals surface area contributed by atoms with Gasteiger partial charge in [-0.1, -0.05) is 219 Å². The highest BCUT2D eigenvalue weighted by molar-refractivity contribution is 5.99. The minimum atomic E-state index is -1.11. The molecule has 0 saturated heterocycles. The van der Waals surface area contributed by atoms with E-state index in [1.807, 2.05) is 204 Å². The van der Waals surface area contributed by atoms with Gasteiger partial charge in [0.1, 0.15) is 57.9 Å². The Kier molecular flexibility index (Phi) is 16.0. The zero-order valence-corrected chi connectivity index (χ0v) is 60.5. The van der Waals surface area contributed by atoms with E-state index in [9.17, 15) is 0 Å². The molecule has 0 saturated carbocycles. The van der Waals surface area contributed by atoms with Crippen molar-refractivity contribution in [2.45, 2.75) is 16.2 Å². The lowest BCUT2D eigenvalue weighted by molar-refractivity contribution is 0.482. The van der Waals surface area contributed by atoms with Gasteiger partial charge in [0, 0.05) is 34.9 Å². The summed E-state index contributed by atoms with van der Waals surface area (Å²) in [5, 5.41) is 0. The number of ether oxygens (including phenoxy) is 2. The molecule has 10 heteroatoms. The van der Waals surface area contributed by atoms with Crippen LogP contribution in [-0.4, -0.2) is 0 Å². The number of benzene rings is 16. The quantitative estimate of drug-likeness (QED) is 0.0900. The van der Waals surface area contributed by atoms with Crippen molar-refractivity contribution in [2.75, 3.05) is 9.80 Å². The van der Waals surface area contributed by atoms with Crippen molar-refractivity contribution in [3.05, 3.63) is 478 Å². The fraction of sp³-hybridized carbons (Fsp3) is 0.0291. The van der Waals surface area contributed by atoms with Gasteiger partial charge in [-0.25, -0.2) is 26.3 Å². The Hall–Kier alpha value is -14.2. The van der Waals surface area contributed by atoms with E-state index in [1.165, 1.54) is 48.5 Å². The van der Waals surface area contributed by atoms with Crippen LogP contribution in [-0.2, 0) is 16.2 Å². The molecule has 2 unspecified atom stereocenters. The average Bonchev–Trinajstić information content (AvgIpc) is 1.55. The van der Waals surface area contributed by atoms with Gasteiger partial charge in [0.15, 0.2) is 0 Å². The smallest absolute Gasteiger partial charge is 0.128 e. The average molecular weight is 1480 g/mol. The van der Waals surface area contributed by atoms with Crippen LogP contribution in [0.1, 0.15) is 77.9 Å². The molecular formula is C103H64F6N2O2. The van der Waals surface area contributed by atoms with Gasteiger partial charge in [0.25, 0.3) is 0 Å². The van der Waals surface area contributed by atoms with Gasteiger partial charge in [-0.3, -0.25) is 0 Å². The molecule has 0 bridgehead atoms. The SMILES string of the molecule is C=Cc1ccc(Oc2ccc(C3(c4ccc(F)cc4)c4ccccc4-c4ccc(N(c5cc(F)cc(F)c5)c5ccc6c(c5)C5(c7ccccc7-6)c6ccccc6-c6ccc(N(c7cc(F)cc(F)c7)c7ccc8c(c7)C(c7ccc(F)cc7)(c7ccc(Oc9ccc(C=C)cc9)cc7)c7ccccc7-8)cc65)cc43)cc2)cc1. The maximum Gasteiger partial charge on any atom is 0.128 e. The molecule has 0 heterocycles. The molecule has 540 valence electrons. The first-order valence-electron chi connectivity index (χ1n) is 37.3. The van der Waals surface area contributed by atoms with Crippen LogP contribution in [0.2, 0.25) is 0 Å². The van der Waals surface area contributed by atoms with Gasteiger partial charge in [0.05, 0.1) is 27.6 Å². The summed E-state index contributed by atoms with van der Waals surface area (Å²) in [5.41, 5.74) is 19.5. The third kappa shape index (κ3) is 10.7. The molecule has 0 aliphatic heterocycles. The Morgan fingerprint density at radius 2 is 0.451 bits per heavy atom. The van der Waals surface area contributed by atoms with Crippen molar-refractivity contribution in [1.82, 2.24) is 0 Å². The van der Waals surface area contributed by atoms with Gasteiger partial charge in [0.2, 0.25) is 0 Å². The highest BCUT2D eigenvalue weighted by Crippen LogP contribution is 2.66. The lowest BCUT2D eigenvalue weighted by Gasteiger charge is -2.35. The first-order chi connectivity index (χ1) is 55.3. The zero-order valence-electron chi connectivity index (χ0n) is 60.5. The van der Waals surface area contributed by atoms with Gasteiger partial charge in [-0.15, -0.1) is 0 Å². The summed E-state index contributed by atoms with van der Waals surface area (Å²) >= 11 is 0. The fourth-order valence-corrected chi connectivity index (χ4v) is 18.6. The normalized spacial score (nSPS) is 16.1. The van der Waals surface area contributed by atoms with Crippen molar-refractivity contribution < 1.29 is 35.8 Å². The summed E-state index contributed by atoms with van der Waals surface area (Å²) in [6.07, 6.45) is 3.55. The molecule has 0 radical (unpaired) electrons. The third-order valence-electron chi connectivity index (χ3n) is 23.2. The molecule has 16 aromatic carbocycles. The van der Waals surface area contributed by atoms with Crippen LogP contribution in [0.15, 0.2) is 365 Å². The maximum absolute atomic E-state index is 16.4. The number of nitrogens with zero attached hydrogens (tertiary/aromatic N) is 2. The molecule has 113 heavy (non-hydrogen) atoms. The van der Waals surface area contributed by atoms with Crippen LogP contribution < -0.4 is 19.3 Å². The first-order valence-corrected chi connectivity index (χ1v) is 37.3. The Bertz CT molecular complexity index is 6120. The zero-order chi connectivity index (χ0) is 76.4. The molecule has 4 aliphatic rings. The number of hydrogen-bond donors (Lipinski definition) is 0. The summed E-state index contributed by atoms with van der Waals surface area (Å²) in [4.78, 5) is 3.80. The second-order valence-electron chi connectivity index (χ2n) is 29.1. The molecule has 2 atom stereocenters. The van der Waals surface area contributed by atoms with Crippen LogP contribution >= 0.6 is 0 Å². The van der Waals surface area contributed by atoms with Crippen molar-refractivity contribution in [2.24, 2.45) is 0 Å². The number of fused-ring (bicyclic) bond motifs is 16. The Balaban J connectivity index is 0.773. The summed E-state index contributed by atoms with van der Waals surface area (Å²) in [5.74, 6) is -1.42. The molecule has 1 spiro atoms. The number of hydrogen-bond acceptors (Lipinski definition) is 4. The second kappa shape index (κ2) is 26.5. The molecule has 4 nitrogen and oxygen atoms in total. The van der Waals surface area contributed by atoms with Gasteiger partial charge in [-0.05, 0) is 268 Å². The molecular weight excluding hydrogens is 1410 g/mol. The molecule has 4 aliphatic carbocycles. The number of anilines is 6. The third-order valence-corrected chi connectivity index (χ3v) is 23.2. The molecule has 16 aromatic rings. The molecule has 0 aromatic heterocycles. The van der Waals surface area contributed by atoms with Crippen LogP contribution in [0.4, 0.5) is 60.5 Å². The Morgan fingerprint density at radius 1 is 0.212 bits per heavy atom. The first kappa shape index (κ1) is 68.1. The van der Waals surface area contributed by atoms with Crippen LogP contribution in [0.25, 0.3) is 56.7 Å². The van der Waals surface area contributed by atoms with Crippen molar-refractivity contribution >= 4 is 46.3 Å². The van der Waals surface area contributed by atoms with E-state index in [4.69, 9.17) is 9.47 Å². The fourth-order valence-electron chi connectivity index (χ4n) is 18.6. The van der Waals surface area contributed by atoms with Crippen molar-refractivity contribution in [3.8, 4) is 67.5 Å². The van der Waals surface area contributed by atoms with E-state index in [-0.39, 0.29) is 11.4 Å².